The molecular formula is C23H30N4O. The Hall–Kier alpha value is -2.82. The molecule has 1 aliphatic rings. The van der Waals surface area contributed by atoms with E-state index in [1.807, 2.05) is 31.2 Å². The van der Waals surface area contributed by atoms with Gasteiger partial charge in [-0.15, -0.1) is 0 Å². The van der Waals surface area contributed by atoms with Crippen LogP contribution in [0.3, 0.4) is 0 Å². The monoisotopic (exact) mass is 378 g/mol. The number of carbonyl (C=O) groups is 1. The number of nitrogens with one attached hydrogen (secondary N) is 3. The molecule has 2 aromatic carbocycles. The largest absolute Gasteiger partial charge is 0.357 e. The van der Waals surface area contributed by atoms with Crippen molar-refractivity contribution in [2.75, 3.05) is 19.6 Å². The lowest BCUT2D eigenvalue weighted by atomic mass is 9.96. The smallest absolute Gasteiger partial charge is 0.251 e. The molecule has 0 bridgehead atoms. The van der Waals surface area contributed by atoms with Crippen LogP contribution in [0.15, 0.2) is 59.6 Å². The fraction of sp³-hybridized carbons (Fsp3) is 0.391. The maximum atomic E-state index is 11.9. The van der Waals surface area contributed by atoms with Crippen molar-refractivity contribution in [2.45, 2.75) is 38.6 Å². The lowest BCUT2D eigenvalue weighted by Gasteiger charge is -2.19. The standard InChI is InChI=1S/C23H30N4O/c1-3-24-21(28)19-12-10-18(11-13-19)16-26-22(25-4-2)27-17-23(14-15-23)20-8-6-5-7-9-20/h5-13H,3-4,14-17H2,1-2H3,(H,24,28)(H2,25,26,27). The molecule has 0 unspecified atom stereocenters. The molecule has 0 heterocycles. The van der Waals surface area contributed by atoms with E-state index in [2.05, 4.69) is 53.2 Å². The van der Waals surface area contributed by atoms with E-state index in [4.69, 9.17) is 4.99 Å². The van der Waals surface area contributed by atoms with Gasteiger partial charge < -0.3 is 16.0 Å². The molecule has 1 fully saturated rings. The Bertz CT molecular complexity index is 795. The van der Waals surface area contributed by atoms with E-state index in [-0.39, 0.29) is 11.3 Å². The van der Waals surface area contributed by atoms with E-state index in [1.54, 1.807) is 0 Å². The molecule has 0 saturated heterocycles. The molecule has 5 nitrogen and oxygen atoms in total. The maximum Gasteiger partial charge on any atom is 0.251 e. The van der Waals surface area contributed by atoms with Crippen molar-refractivity contribution in [3.63, 3.8) is 0 Å². The van der Waals surface area contributed by atoms with Gasteiger partial charge in [0.1, 0.15) is 0 Å². The molecule has 0 radical (unpaired) electrons. The number of nitrogens with zero attached hydrogens (tertiary/aromatic N) is 1. The molecular weight excluding hydrogens is 348 g/mol. The van der Waals surface area contributed by atoms with Crippen molar-refractivity contribution in [3.05, 3.63) is 71.3 Å². The van der Waals surface area contributed by atoms with Crippen LogP contribution < -0.4 is 16.0 Å². The van der Waals surface area contributed by atoms with Crippen LogP contribution in [0.2, 0.25) is 0 Å². The summed E-state index contributed by atoms with van der Waals surface area (Å²) < 4.78 is 0. The van der Waals surface area contributed by atoms with Gasteiger partial charge in [0.2, 0.25) is 0 Å². The van der Waals surface area contributed by atoms with Crippen LogP contribution in [-0.2, 0) is 12.0 Å². The van der Waals surface area contributed by atoms with E-state index in [9.17, 15) is 4.79 Å². The quantitative estimate of drug-likeness (QED) is 0.488. The second-order valence-electron chi connectivity index (χ2n) is 7.25. The van der Waals surface area contributed by atoms with Crippen LogP contribution in [0.5, 0.6) is 0 Å². The minimum absolute atomic E-state index is 0.0387. The van der Waals surface area contributed by atoms with Crippen molar-refractivity contribution >= 4 is 11.9 Å². The summed E-state index contributed by atoms with van der Waals surface area (Å²) >= 11 is 0. The van der Waals surface area contributed by atoms with Crippen LogP contribution in [0.1, 0.15) is 48.2 Å². The van der Waals surface area contributed by atoms with Gasteiger partial charge in [0.05, 0.1) is 6.54 Å². The SMILES string of the molecule is CCNC(=O)c1ccc(CN=C(NCC)NCC2(c3ccccc3)CC2)cc1. The van der Waals surface area contributed by atoms with Crippen molar-refractivity contribution < 1.29 is 4.79 Å². The van der Waals surface area contributed by atoms with Crippen LogP contribution in [0, 0.1) is 0 Å². The molecule has 0 spiro atoms. The molecule has 0 aromatic heterocycles. The highest BCUT2D eigenvalue weighted by molar-refractivity contribution is 5.94. The predicted octanol–water partition coefficient (Wildman–Crippen LogP) is 3.22. The molecule has 28 heavy (non-hydrogen) atoms. The molecule has 5 heteroatoms. The van der Waals surface area contributed by atoms with Crippen LogP contribution in [0.25, 0.3) is 0 Å². The highest BCUT2D eigenvalue weighted by atomic mass is 16.1. The van der Waals surface area contributed by atoms with Crippen molar-refractivity contribution in [1.82, 2.24) is 16.0 Å². The minimum Gasteiger partial charge on any atom is -0.357 e. The zero-order chi connectivity index (χ0) is 19.8. The van der Waals surface area contributed by atoms with Gasteiger partial charge in [0, 0.05) is 30.6 Å². The highest BCUT2D eigenvalue weighted by Gasteiger charge is 2.43. The van der Waals surface area contributed by atoms with Crippen LogP contribution in [-0.4, -0.2) is 31.5 Å². The van der Waals surface area contributed by atoms with E-state index in [0.29, 0.717) is 18.7 Å². The fourth-order valence-electron chi connectivity index (χ4n) is 3.30. The first-order chi connectivity index (χ1) is 13.7. The zero-order valence-corrected chi connectivity index (χ0v) is 16.8. The summed E-state index contributed by atoms with van der Waals surface area (Å²) in [6, 6.07) is 18.3. The van der Waals surface area contributed by atoms with Gasteiger partial charge in [-0.3, -0.25) is 4.79 Å². The first kappa shape index (κ1) is 19.9. The highest BCUT2D eigenvalue weighted by Crippen LogP contribution is 2.47. The van der Waals surface area contributed by atoms with Crippen molar-refractivity contribution in [1.29, 1.82) is 0 Å². The Balaban J connectivity index is 1.59. The predicted molar refractivity (Wildman–Crippen MR) is 115 cm³/mol. The van der Waals surface area contributed by atoms with Gasteiger partial charge in [0.15, 0.2) is 5.96 Å². The Morgan fingerprint density at radius 1 is 0.929 bits per heavy atom. The maximum absolute atomic E-state index is 11.9. The Morgan fingerprint density at radius 2 is 1.61 bits per heavy atom. The third-order valence-electron chi connectivity index (χ3n) is 5.15. The number of hydrogen-bond donors (Lipinski definition) is 3. The summed E-state index contributed by atoms with van der Waals surface area (Å²) in [5.74, 6) is 0.792. The van der Waals surface area contributed by atoms with Crippen LogP contribution in [0.4, 0.5) is 0 Å². The Labute approximate surface area is 167 Å². The minimum atomic E-state index is -0.0387. The average Bonchev–Trinajstić information content (AvgIpc) is 3.52. The van der Waals surface area contributed by atoms with Gasteiger partial charge in [-0.25, -0.2) is 4.99 Å². The molecule has 1 amide bonds. The summed E-state index contributed by atoms with van der Waals surface area (Å²) in [6.45, 7) is 6.90. The van der Waals surface area contributed by atoms with E-state index >= 15 is 0 Å². The Morgan fingerprint density at radius 3 is 2.21 bits per heavy atom. The topological polar surface area (TPSA) is 65.5 Å². The number of benzene rings is 2. The molecule has 3 N–H and O–H groups in total. The normalized spacial score (nSPS) is 15.0. The van der Waals surface area contributed by atoms with Crippen LogP contribution >= 0.6 is 0 Å². The summed E-state index contributed by atoms with van der Waals surface area (Å²) in [6.07, 6.45) is 2.43. The van der Waals surface area contributed by atoms with Gasteiger partial charge in [-0.2, -0.15) is 0 Å². The zero-order valence-electron chi connectivity index (χ0n) is 16.8. The van der Waals surface area contributed by atoms with Crippen molar-refractivity contribution in [2.24, 2.45) is 4.99 Å². The Kier molecular flexibility index (Phi) is 6.69. The third kappa shape index (κ3) is 5.12. The summed E-state index contributed by atoms with van der Waals surface area (Å²) in [5, 5.41) is 9.65. The van der Waals surface area contributed by atoms with Gasteiger partial charge in [-0.1, -0.05) is 42.5 Å². The fourth-order valence-corrected chi connectivity index (χ4v) is 3.30. The molecule has 0 aliphatic heterocycles. The van der Waals surface area contributed by atoms with E-state index in [1.165, 1.54) is 18.4 Å². The molecule has 3 rings (SSSR count). The van der Waals surface area contributed by atoms with E-state index < -0.39 is 0 Å². The van der Waals surface area contributed by atoms with Gasteiger partial charge in [0.25, 0.3) is 5.91 Å². The summed E-state index contributed by atoms with van der Waals surface area (Å²) in [5.41, 5.74) is 3.40. The average molecular weight is 379 g/mol. The van der Waals surface area contributed by atoms with Crippen molar-refractivity contribution in [3.8, 4) is 0 Å². The second-order valence-corrected chi connectivity index (χ2v) is 7.25. The lowest BCUT2D eigenvalue weighted by Crippen LogP contribution is -2.41. The number of hydrogen-bond acceptors (Lipinski definition) is 2. The molecule has 1 aliphatic carbocycles. The molecule has 0 atom stereocenters. The second kappa shape index (κ2) is 9.40. The van der Waals surface area contributed by atoms with E-state index in [0.717, 1.165) is 24.6 Å². The first-order valence-corrected chi connectivity index (χ1v) is 10.1. The van der Waals surface area contributed by atoms with Gasteiger partial charge in [-0.05, 0) is 49.9 Å². The number of amides is 1. The summed E-state index contributed by atoms with van der Waals surface area (Å²) in [7, 11) is 0. The third-order valence-corrected chi connectivity index (χ3v) is 5.15. The number of guanidine groups is 1. The lowest BCUT2D eigenvalue weighted by molar-refractivity contribution is 0.0956. The molecule has 2 aromatic rings. The van der Waals surface area contributed by atoms with Gasteiger partial charge >= 0.3 is 0 Å². The number of aliphatic imine (C=N–C) groups is 1. The number of rotatable bonds is 8. The first-order valence-electron chi connectivity index (χ1n) is 10.1. The molecule has 1 saturated carbocycles. The molecule has 148 valence electrons. The number of carbonyl (C=O) groups excluding carboxylic acids is 1. The summed E-state index contributed by atoms with van der Waals surface area (Å²) in [4.78, 5) is 16.6.